The second kappa shape index (κ2) is 7.75. The van der Waals surface area contributed by atoms with Gasteiger partial charge in [-0.3, -0.25) is 0 Å². The summed E-state index contributed by atoms with van der Waals surface area (Å²) < 4.78 is 0. The molecule has 0 aromatic rings. The molecule has 0 heterocycles. The Bertz CT molecular complexity index is 472. The first kappa shape index (κ1) is 19.7. The van der Waals surface area contributed by atoms with Crippen LogP contribution in [0.4, 0.5) is 0 Å². The first-order valence-corrected chi connectivity index (χ1v) is 10.3. The van der Waals surface area contributed by atoms with Crippen molar-refractivity contribution in [1.29, 1.82) is 0 Å². The predicted molar refractivity (Wildman–Crippen MR) is 104 cm³/mol. The Hall–Kier alpha value is -0.590. The van der Waals surface area contributed by atoms with Crippen molar-refractivity contribution in [2.45, 2.75) is 99.3 Å². The summed E-state index contributed by atoms with van der Waals surface area (Å²) in [5.74, 6) is 2.94. The van der Waals surface area contributed by atoms with Gasteiger partial charge in [-0.1, -0.05) is 52.2 Å². The molecule has 0 unspecified atom stereocenters. The summed E-state index contributed by atoms with van der Waals surface area (Å²) in [6.45, 7) is 14.1. The van der Waals surface area contributed by atoms with E-state index in [1.54, 1.807) is 6.92 Å². The first-order valence-electron chi connectivity index (χ1n) is 10.3. The Labute approximate surface area is 150 Å². The fraction of sp³-hybridized carbons (Fsp3) is 0.870. The molecule has 2 saturated carbocycles. The van der Waals surface area contributed by atoms with E-state index in [0.29, 0.717) is 23.0 Å². The molecule has 0 saturated heterocycles. The number of fused-ring (bicyclic) bond motifs is 1. The van der Waals surface area contributed by atoms with Gasteiger partial charge in [0.25, 0.3) is 0 Å². The molecule has 1 nitrogen and oxygen atoms in total. The molecule has 2 aliphatic rings. The zero-order chi connectivity index (χ0) is 18.0. The highest BCUT2D eigenvalue weighted by atomic mass is 16.1. The molecule has 0 radical (unpaired) electrons. The smallest absolute Gasteiger partial charge is 0.130 e. The highest BCUT2D eigenvalue weighted by molar-refractivity contribution is 5.75. The minimum atomic E-state index is 0.305. The largest absolute Gasteiger partial charge is 0.300 e. The maximum Gasteiger partial charge on any atom is 0.130 e. The van der Waals surface area contributed by atoms with Crippen LogP contribution in [0.25, 0.3) is 0 Å². The molecule has 4 atom stereocenters. The number of hydrogen-bond acceptors (Lipinski definition) is 1. The third kappa shape index (κ3) is 4.33. The van der Waals surface area contributed by atoms with Crippen LogP contribution in [0.5, 0.6) is 0 Å². The van der Waals surface area contributed by atoms with Gasteiger partial charge < -0.3 is 4.79 Å². The number of carbonyl (C=O) groups is 1. The summed E-state index contributed by atoms with van der Waals surface area (Å²) in [6, 6.07) is 0. The highest BCUT2D eigenvalue weighted by Gasteiger charge is 2.53. The van der Waals surface area contributed by atoms with Crippen LogP contribution >= 0.6 is 0 Å². The number of Topliss-reactive ketones (excluding diaryl/α,β-unsaturated/α-hetero) is 1. The average molecular weight is 333 g/mol. The first-order chi connectivity index (χ1) is 11.2. The number of carbonyl (C=O) groups excluding carboxylic acids is 1. The molecule has 0 aliphatic heterocycles. The highest BCUT2D eigenvalue weighted by Crippen LogP contribution is 2.62. The zero-order valence-electron chi connectivity index (χ0n) is 17.1. The van der Waals surface area contributed by atoms with Crippen molar-refractivity contribution in [2.75, 3.05) is 0 Å². The van der Waals surface area contributed by atoms with Gasteiger partial charge >= 0.3 is 0 Å². The molecule has 0 N–H and O–H groups in total. The monoisotopic (exact) mass is 332 g/mol. The van der Waals surface area contributed by atoms with Crippen molar-refractivity contribution in [3.63, 3.8) is 0 Å². The van der Waals surface area contributed by atoms with Gasteiger partial charge in [-0.2, -0.15) is 0 Å². The third-order valence-corrected chi connectivity index (χ3v) is 7.56. The van der Waals surface area contributed by atoms with E-state index in [9.17, 15) is 4.79 Å². The molecule has 0 aromatic carbocycles. The van der Waals surface area contributed by atoms with E-state index in [1.165, 1.54) is 50.5 Å². The van der Waals surface area contributed by atoms with Gasteiger partial charge in [-0.05, 0) is 81.0 Å². The van der Waals surface area contributed by atoms with Crippen molar-refractivity contribution in [3.8, 4) is 0 Å². The van der Waals surface area contributed by atoms with E-state index in [1.807, 2.05) is 0 Å². The molecule has 0 spiro atoms. The SMILES string of the molecule is CC(=O)CC/C=C(/C)CC[C@@H]1[C@@H](C)CC[C@H]2C(C)(C)CCC[C@]12C. The molecule has 0 bridgehead atoms. The van der Waals surface area contributed by atoms with Crippen LogP contribution < -0.4 is 0 Å². The van der Waals surface area contributed by atoms with Crippen LogP contribution in [-0.2, 0) is 4.79 Å². The van der Waals surface area contributed by atoms with Crippen molar-refractivity contribution in [1.82, 2.24) is 0 Å². The summed E-state index contributed by atoms with van der Waals surface area (Å²) in [5.41, 5.74) is 2.56. The van der Waals surface area contributed by atoms with Crippen LogP contribution in [0.1, 0.15) is 99.3 Å². The normalized spacial score (nSPS) is 36.2. The minimum absolute atomic E-state index is 0.305. The van der Waals surface area contributed by atoms with E-state index in [-0.39, 0.29) is 0 Å². The fourth-order valence-electron chi connectivity index (χ4n) is 6.23. The topological polar surface area (TPSA) is 17.1 Å². The van der Waals surface area contributed by atoms with E-state index in [0.717, 1.165) is 24.2 Å². The van der Waals surface area contributed by atoms with Crippen molar-refractivity contribution in [3.05, 3.63) is 11.6 Å². The molecule has 2 fully saturated rings. The van der Waals surface area contributed by atoms with E-state index < -0.39 is 0 Å². The maximum atomic E-state index is 11.1. The lowest BCUT2D eigenvalue weighted by Crippen LogP contribution is -2.51. The van der Waals surface area contributed by atoms with E-state index >= 15 is 0 Å². The Kier molecular flexibility index (Phi) is 6.37. The molecule has 1 heteroatoms. The summed E-state index contributed by atoms with van der Waals surface area (Å²) in [6.07, 6.45) is 13.6. The van der Waals surface area contributed by atoms with Crippen LogP contribution in [-0.4, -0.2) is 5.78 Å². The minimum Gasteiger partial charge on any atom is -0.300 e. The Balaban J connectivity index is 2.03. The van der Waals surface area contributed by atoms with Crippen LogP contribution in [0.3, 0.4) is 0 Å². The number of allylic oxidation sites excluding steroid dienone is 2. The van der Waals surface area contributed by atoms with Crippen LogP contribution in [0.2, 0.25) is 0 Å². The van der Waals surface area contributed by atoms with Gasteiger partial charge in [0.2, 0.25) is 0 Å². The number of rotatable bonds is 6. The van der Waals surface area contributed by atoms with Gasteiger partial charge in [0.05, 0.1) is 0 Å². The van der Waals surface area contributed by atoms with E-state index in [2.05, 4.69) is 40.7 Å². The second-order valence-corrected chi connectivity index (χ2v) is 9.89. The molecule has 2 aliphatic carbocycles. The lowest BCUT2D eigenvalue weighted by atomic mass is 9.46. The lowest BCUT2D eigenvalue weighted by molar-refractivity contribution is -0.116. The summed E-state index contributed by atoms with van der Waals surface area (Å²) in [5, 5.41) is 0. The molecular formula is C23H40O. The van der Waals surface area contributed by atoms with E-state index in [4.69, 9.17) is 0 Å². The second-order valence-electron chi connectivity index (χ2n) is 9.89. The van der Waals surface area contributed by atoms with Gasteiger partial charge in [0.15, 0.2) is 0 Å². The molecule has 0 aromatic heterocycles. The summed E-state index contributed by atoms with van der Waals surface area (Å²) in [7, 11) is 0. The predicted octanol–water partition coefficient (Wildman–Crippen LogP) is 6.96. The maximum absolute atomic E-state index is 11.1. The molecule has 24 heavy (non-hydrogen) atoms. The van der Waals surface area contributed by atoms with Crippen molar-refractivity contribution in [2.24, 2.45) is 28.6 Å². The standard InChI is InChI=1S/C23H40O/c1-17(9-7-10-19(3)24)11-13-20-18(2)12-14-21-22(4,5)15-8-16-23(20,21)6/h9,18,20-21H,7-8,10-16H2,1-6H3/b17-9-/t18-,20+,21-,23+/m0/s1. The lowest BCUT2D eigenvalue weighted by Gasteiger charge is -2.59. The van der Waals surface area contributed by atoms with Gasteiger partial charge in [0, 0.05) is 6.42 Å². The molecular weight excluding hydrogens is 292 g/mol. The van der Waals surface area contributed by atoms with Crippen LogP contribution in [0.15, 0.2) is 11.6 Å². The number of ketones is 1. The zero-order valence-corrected chi connectivity index (χ0v) is 17.1. The van der Waals surface area contributed by atoms with Crippen LogP contribution in [0, 0.1) is 28.6 Å². The Morgan fingerprint density at radius 3 is 2.46 bits per heavy atom. The third-order valence-electron chi connectivity index (χ3n) is 7.56. The quantitative estimate of drug-likeness (QED) is 0.480. The molecule has 0 amide bonds. The Morgan fingerprint density at radius 2 is 1.79 bits per heavy atom. The summed E-state index contributed by atoms with van der Waals surface area (Å²) in [4.78, 5) is 11.1. The van der Waals surface area contributed by atoms with Gasteiger partial charge in [-0.15, -0.1) is 0 Å². The Morgan fingerprint density at radius 1 is 1.08 bits per heavy atom. The molecule has 138 valence electrons. The number of hydrogen-bond donors (Lipinski definition) is 0. The fourth-order valence-corrected chi connectivity index (χ4v) is 6.23. The van der Waals surface area contributed by atoms with Gasteiger partial charge in [-0.25, -0.2) is 0 Å². The average Bonchev–Trinajstić information content (AvgIpc) is 2.45. The van der Waals surface area contributed by atoms with Gasteiger partial charge in [0.1, 0.15) is 5.78 Å². The molecule has 2 rings (SSSR count). The van der Waals surface area contributed by atoms with Crippen molar-refractivity contribution < 1.29 is 4.79 Å². The van der Waals surface area contributed by atoms with Crippen molar-refractivity contribution >= 4 is 5.78 Å². The summed E-state index contributed by atoms with van der Waals surface area (Å²) >= 11 is 0.